The number of nitrogens with zero attached hydrogens (tertiary/aromatic N) is 4. The number of aryl methyl sites for hydroxylation is 1. The van der Waals surface area contributed by atoms with Crippen molar-refractivity contribution in [1.29, 1.82) is 0 Å². The minimum atomic E-state index is -0.491. The predicted octanol–water partition coefficient (Wildman–Crippen LogP) is 3.72. The van der Waals surface area contributed by atoms with E-state index in [0.717, 1.165) is 0 Å². The number of methoxy groups -OCH3 is 1. The number of benzene rings is 2. The van der Waals surface area contributed by atoms with Gasteiger partial charge in [-0.3, -0.25) is 9.36 Å². The van der Waals surface area contributed by atoms with Crippen molar-refractivity contribution in [3.05, 3.63) is 76.2 Å². The van der Waals surface area contributed by atoms with E-state index in [1.54, 1.807) is 29.7 Å². The van der Waals surface area contributed by atoms with Gasteiger partial charge in [0.1, 0.15) is 0 Å². The molecule has 0 saturated carbocycles. The second kappa shape index (κ2) is 8.11. The van der Waals surface area contributed by atoms with E-state index in [-0.39, 0.29) is 10.8 Å². The summed E-state index contributed by atoms with van der Waals surface area (Å²) >= 11 is 1.32. The molecule has 0 aliphatic rings. The molecule has 1 unspecified atom stereocenters. The van der Waals surface area contributed by atoms with Crippen molar-refractivity contribution in [2.45, 2.75) is 24.3 Å². The Morgan fingerprint density at radius 1 is 1.17 bits per heavy atom. The molecule has 0 saturated heterocycles. The summed E-state index contributed by atoms with van der Waals surface area (Å²) in [5.41, 5.74) is 1.18. The van der Waals surface area contributed by atoms with Crippen molar-refractivity contribution < 1.29 is 14.1 Å². The number of ether oxygens (including phenoxy) is 1. The third-order valence-electron chi connectivity index (χ3n) is 4.45. The van der Waals surface area contributed by atoms with Crippen molar-refractivity contribution >= 4 is 28.6 Å². The van der Waals surface area contributed by atoms with Crippen LogP contribution in [0, 0.1) is 6.92 Å². The molecule has 0 aliphatic carbocycles. The lowest BCUT2D eigenvalue weighted by molar-refractivity contribution is 0.0601. The third-order valence-corrected chi connectivity index (χ3v) is 5.49. The molecule has 0 aliphatic heterocycles. The summed E-state index contributed by atoms with van der Waals surface area (Å²) in [5.74, 6) is 0.483. The Labute approximate surface area is 175 Å². The van der Waals surface area contributed by atoms with E-state index in [1.807, 2.05) is 37.3 Å². The standard InChI is InChI=1S/C21H18N4O4S/c1-12(18-22-13(2)24-29-18)30-21-23-17-11-14(20(27)28-3)9-10-16(17)19(26)25(21)15-7-5-4-6-8-15/h4-12H,1-3H3. The van der Waals surface area contributed by atoms with Gasteiger partial charge in [0.2, 0.25) is 5.89 Å². The number of carbonyl (C=O) groups excluding carboxylic acids is 1. The first-order chi connectivity index (χ1) is 14.5. The van der Waals surface area contributed by atoms with E-state index in [0.29, 0.717) is 39.0 Å². The zero-order chi connectivity index (χ0) is 21.3. The van der Waals surface area contributed by atoms with Crippen molar-refractivity contribution in [3.8, 4) is 5.69 Å². The maximum Gasteiger partial charge on any atom is 0.337 e. The number of para-hydroxylation sites is 1. The lowest BCUT2D eigenvalue weighted by atomic mass is 10.1. The number of fused-ring (bicyclic) bond motifs is 1. The zero-order valence-corrected chi connectivity index (χ0v) is 17.3. The largest absolute Gasteiger partial charge is 0.465 e. The lowest BCUT2D eigenvalue weighted by Crippen LogP contribution is -2.22. The highest BCUT2D eigenvalue weighted by atomic mass is 32.2. The van der Waals surface area contributed by atoms with Crippen molar-refractivity contribution in [2.75, 3.05) is 7.11 Å². The number of thioether (sulfide) groups is 1. The number of hydrogen-bond donors (Lipinski definition) is 0. The molecular weight excluding hydrogens is 404 g/mol. The summed E-state index contributed by atoms with van der Waals surface area (Å²) in [6.45, 7) is 3.64. The number of aromatic nitrogens is 4. The van der Waals surface area contributed by atoms with Gasteiger partial charge < -0.3 is 9.26 Å². The van der Waals surface area contributed by atoms with Crippen LogP contribution in [0.3, 0.4) is 0 Å². The molecule has 0 amide bonds. The fraction of sp³-hybridized carbons (Fsp3) is 0.190. The van der Waals surface area contributed by atoms with Gasteiger partial charge in [0, 0.05) is 0 Å². The van der Waals surface area contributed by atoms with E-state index in [2.05, 4.69) is 10.1 Å². The summed E-state index contributed by atoms with van der Waals surface area (Å²) in [6.07, 6.45) is 0. The van der Waals surface area contributed by atoms with E-state index >= 15 is 0 Å². The smallest absolute Gasteiger partial charge is 0.337 e. The number of carbonyl (C=O) groups is 1. The number of esters is 1. The Balaban J connectivity index is 1.90. The average Bonchev–Trinajstić information content (AvgIpc) is 3.20. The predicted molar refractivity (Wildman–Crippen MR) is 112 cm³/mol. The number of rotatable bonds is 5. The first-order valence-corrected chi connectivity index (χ1v) is 10.0. The molecule has 2 aromatic carbocycles. The fourth-order valence-electron chi connectivity index (χ4n) is 2.98. The van der Waals surface area contributed by atoms with Crippen LogP contribution in [-0.2, 0) is 4.74 Å². The fourth-order valence-corrected chi connectivity index (χ4v) is 3.94. The Morgan fingerprint density at radius 3 is 2.60 bits per heavy atom. The van der Waals surface area contributed by atoms with Gasteiger partial charge >= 0.3 is 5.97 Å². The van der Waals surface area contributed by atoms with Crippen LogP contribution in [0.15, 0.2) is 63.0 Å². The highest BCUT2D eigenvalue weighted by molar-refractivity contribution is 7.99. The zero-order valence-electron chi connectivity index (χ0n) is 16.5. The maximum atomic E-state index is 13.4. The Hall–Kier alpha value is -3.46. The molecule has 4 rings (SSSR count). The summed E-state index contributed by atoms with van der Waals surface area (Å²) in [7, 11) is 1.31. The second-order valence-corrected chi connectivity index (χ2v) is 7.84. The second-order valence-electron chi connectivity index (χ2n) is 6.53. The van der Waals surface area contributed by atoms with Crippen molar-refractivity contribution in [1.82, 2.24) is 19.7 Å². The molecule has 0 N–H and O–H groups in total. The molecule has 2 heterocycles. The average molecular weight is 422 g/mol. The minimum absolute atomic E-state index is 0.237. The molecule has 1 atom stereocenters. The first kappa shape index (κ1) is 19.8. The molecule has 4 aromatic rings. The summed E-state index contributed by atoms with van der Waals surface area (Å²) in [4.78, 5) is 34.2. The SMILES string of the molecule is COC(=O)c1ccc2c(=O)n(-c3ccccc3)c(SC(C)c3nc(C)no3)nc2c1. The van der Waals surface area contributed by atoms with E-state index in [9.17, 15) is 9.59 Å². The summed E-state index contributed by atoms with van der Waals surface area (Å²) < 4.78 is 11.6. The van der Waals surface area contributed by atoms with Gasteiger partial charge in [0.05, 0.1) is 34.5 Å². The number of hydrogen-bond acceptors (Lipinski definition) is 8. The minimum Gasteiger partial charge on any atom is -0.465 e. The van der Waals surface area contributed by atoms with Gasteiger partial charge in [-0.15, -0.1) is 0 Å². The molecule has 0 fully saturated rings. The van der Waals surface area contributed by atoms with Crippen LogP contribution in [-0.4, -0.2) is 32.8 Å². The maximum absolute atomic E-state index is 13.4. The lowest BCUT2D eigenvalue weighted by Gasteiger charge is -2.15. The molecule has 0 bridgehead atoms. The highest BCUT2D eigenvalue weighted by Crippen LogP contribution is 2.34. The molecular formula is C21H18N4O4S. The summed E-state index contributed by atoms with van der Waals surface area (Å²) in [6, 6.07) is 14.0. The van der Waals surface area contributed by atoms with E-state index in [4.69, 9.17) is 14.2 Å². The Morgan fingerprint density at radius 2 is 1.93 bits per heavy atom. The van der Waals surface area contributed by atoms with E-state index in [1.165, 1.54) is 18.9 Å². The monoisotopic (exact) mass is 422 g/mol. The summed E-state index contributed by atoms with van der Waals surface area (Å²) in [5, 5.41) is 4.43. The van der Waals surface area contributed by atoms with Crippen LogP contribution in [0.2, 0.25) is 0 Å². The normalized spacial score (nSPS) is 12.1. The Kier molecular flexibility index (Phi) is 5.37. The van der Waals surface area contributed by atoms with Crippen LogP contribution in [0.25, 0.3) is 16.6 Å². The quantitative estimate of drug-likeness (QED) is 0.273. The van der Waals surface area contributed by atoms with Gasteiger partial charge in [0.25, 0.3) is 5.56 Å². The molecule has 0 radical (unpaired) electrons. The van der Waals surface area contributed by atoms with Gasteiger partial charge in [-0.1, -0.05) is 35.1 Å². The van der Waals surface area contributed by atoms with E-state index < -0.39 is 5.97 Å². The van der Waals surface area contributed by atoms with Crippen molar-refractivity contribution in [3.63, 3.8) is 0 Å². The Bertz CT molecular complexity index is 1280. The topological polar surface area (TPSA) is 100 Å². The van der Waals surface area contributed by atoms with Crippen LogP contribution >= 0.6 is 11.8 Å². The third kappa shape index (κ3) is 3.71. The van der Waals surface area contributed by atoms with Gasteiger partial charge in [-0.25, -0.2) is 9.78 Å². The van der Waals surface area contributed by atoms with Gasteiger partial charge in [-0.2, -0.15) is 4.98 Å². The molecule has 152 valence electrons. The van der Waals surface area contributed by atoms with Gasteiger partial charge in [0.15, 0.2) is 11.0 Å². The van der Waals surface area contributed by atoms with Gasteiger partial charge in [-0.05, 0) is 44.2 Å². The first-order valence-electron chi connectivity index (χ1n) is 9.15. The van der Waals surface area contributed by atoms with Crippen LogP contribution in [0.1, 0.15) is 34.2 Å². The molecule has 0 spiro atoms. The van der Waals surface area contributed by atoms with Crippen LogP contribution in [0.5, 0.6) is 0 Å². The molecule has 30 heavy (non-hydrogen) atoms. The molecule has 2 aromatic heterocycles. The van der Waals surface area contributed by atoms with Crippen molar-refractivity contribution in [2.24, 2.45) is 0 Å². The highest BCUT2D eigenvalue weighted by Gasteiger charge is 2.21. The van der Waals surface area contributed by atoms with Crippen LogP contribution < -0.4 is 5.56 Å². The molecule has 9 heteroatoms. The molecule has 8 nitrogen and oxygen atoms in total. The van der Waals surface area contributed by atoms with Crippen LogP contribution in [0.4, 0.5) is 0 Å².